The number of amides is 5. The minimum absolute atomic E-state index is 0.0268. The summed E-state index contributed by atoms with van der Waals surface area (Å²) in [5.41, 5.74) is 8.92. The fraction of sp³-hybridized carbons (Fsp3) is 0.467. The number of allylic oxidation sites excluding steroid dienone is 1. The number of Topliss-reactive ketones (excluding diaryl/α,β-unsaturated/α-hetero) is 1. The van der Waals surface area contributed by atoms with E-state index in [0.717, 1.165) is 68.0 Å². The number of aromatic nitrogens is 2. The quantitative estimate of drug-likeness (QED) is 0.125. The number of fused-ring (bicyclic) bond motifs is 1. The number of nitrogens with one attached hydrogen (secondary N) is 2. The van der Waals surface area contributed by atoms with Gasteiger partial charge in [-0.2, -0.15) is 4.98 Å². The van der Waals surface area contributed by atoms with Gasteiger partial charge in [-0.1, -0.05) is 17.7 Å². The summed E-state index contributed by atoms with van der Waals surface area (Å²) in [5, 5.41) is 5.88. The van der Waals surface area contributed by atoms with Crippen LogP contribution >= 0.6 is 11.6 Å². The molecule has 1 saturated carbocycles. The Morgan fingerprint density at radius 3 is 2.35 bits per heavy atom. The molecule has 2 aromatic carbocycles. The highest BCUT2D eigenvalue weighted by molar-refractivity contribution is 6.33. The number of imide groups is 2. The van der Waals surface area contributed by atoms with E-state index in [0.29, 0.717) is 34.1 Å². The molecule has 332 valence electrons. The molecule has 0 radical (unpaired) electrons. The van der Waals surface area contributed by atoms with Crippen LogP contribution in [0.2, 0.25) is 5.02 Å². The number of nitrogens with zero attached hydrogens (tertiary/aromatic N) is 6. The lowest BCUT2D eigenvalue weighted by molar-refractivity contribution is -0.136. The molecule has 1 unspecified atom stereocenters. The number of anilines is 4. The number of aryl methyl sites for hydroxylation is 1. The number of carbonyl (C=O) groups is 6. The Balaban J connectivity index is 0.815. The van der Waals surface area contributed by atoms with E-state index >= 15 is 0 Å². The van der Waals surface area contributed by atoms with Gasteiger partial charge in [-0.15, -0.1) is 0 Å². The lowest BCUT2D eigenvalue weighted by Crippen LogP contribution is -2.63. The first-order valence-electron chi connectivity index (χ1n) is 21.5. The van der Waals surface area contributed by atoms with Crippen LogP contribution in [0.15, 0.2) is 48.4 Å². The number of ketones is 1. The molecule has 4 aliphatic heterocycles. The maximum Gasteiger partial charge on any atom is 0.262 e. The standard InChI is InChI=1S/C45H52ClN9O8/c1-24-5-6-29(15-28(24)16-38(27(4)56)62-23-39(47)57)49-41-36(46)20-48-45(51-41)52-13-11-32(12-14-52)63-33-17-31(18-33)54-25(2)21-53(22-26(54)3)30-7-8-34-35(19-30)44(61)55(43(34)60)37-9-10-40(58)50-42(37)59/h5-8,15-16,19-20,25-26,31-33,37H,9-14,17-18,21-23H2,1-4H3,(H2,47,57)(H,48,49,51)(H,50,58,59)/b38-16+/t25-,26+,31-,33-,37?. The summed E-state index contributed by atoms with van der Waals surface area (Å²) in [5.74, 6) is -2.00. The highest BCUT2D eigenvalue weighted by Gasteiger charge is 2.46. The minimum atomic E-state index is -0.993. The minimum Gasteiger partial charge on any atom is -0.480 e. The number of benzene rings is 2. The maximum absolute atomic E-state index is 13.5. The summed E-state index contributed by atoms with van der Waals surface area (Å²) in [6, 6.07) is 10.8. The number of primary amides is 1. The summed E-state index contributed by atoms with van der Waals surface area (Å²) >= 11 is 6.55. The summed E-state index contributed by atoms with van der Waals surface area (Å²) in [7, 11) is 0. The van der Waals surface area contributed by atoms with Crippen LogP contribution in [0.3, 0.4) is 0 Å². The van der Waals surface area contributed by atoms with Gasteiger partial charge in [0.05, 0.1) is 29.5 Å². The van der Waals surface area contributed by atoms with Gasteiger partial charge in [-0.05, 0) is 100 Å². The van der Waals surface area contributed by atoms with E-state index < -0.39 is 42.2 Å². The van der Waals surface area contributed by atoms with Crippen molar-refractivity contribution in [3.63, 3.8) is 0 Å². The Kier molecular flexibility index (Phi) is 12.5. The SMILES string of the molecule is CC(=O)/C(=C\c1cc(Nc2nc(N3CCC(O[C@H]4C[C@H](N5[C@H](C)CN(c6ccc7c(c6)C(=O)N(C6CCC(=O)NC6=O)C7=O)C[C@@H]5C)C4)CC3)ncc2Cl)ccc1C)OCC(N)=O. The number of hydrogen-bond acceptors (Lipinski definition) is 14. The van der Waals surface area contributed by atoms with E-state index in [4.69, 9.17) is 31.8 Å². The summed E-state index contributed by atoms with van der Waals surface area (Å²) in [6.45, 7) is 10.3. The Labute approximate surface area is 370 Å². The number of ether oxygens (including phenoxy) is 2. The second kappa shape index (κ2) is 18.1. The van der Waals surface area contributed by atoms with Crippen molar-refractivity contribution in [1.29, 1.82) is 0 Å². The van der Waals surface area contributed by atoms with Crippen molar-refractivity contribution in [1.82, 2.24) is 25.1 Å². The molecular weight excluding hydrogens is 830 g/mol. The normalized spacial score (nSPS) is 24.6. The zero-order chi connectivity index (χ0) is 44.7. The number of piperidine rings is 2. The third-order valence-electron chi connectivity index (χ3n) is 12.7. The van der Waals surface area contributed by atoms with Crippen LogP contribution in [-0.2, 0) is 28.7 Å². The van der Waals surface area contributed by atoms with E-state index in [2.05, 4.69) is 44.2 Å². The summed E-state index contributed by atoms with van der Waals surface area (Å²) < 4.78 is 12.0. The van der Waals surface area contributed by atoms with Crippen molar-refractivity contribution in [3.8, 4) is 0 Å². The van der Waals surface area contributed by atoms with Crippen LogP contribution in [-0.4, -0.2) is 124 Å². The highest BCUT2D eigenvalue weighted by Crippen LogP contribution is 2.38. The Bertz CT molecular complexity index is 2370. The monoisotopic (exact) mass is 881 g/mol. The fourth-order valence-electron chi connectivity index (χ4n) is 9.42. The fourth-order valence-corrected chi connectivity index (χ4v) is 9.56. The first-order valence-corrected chi connectivity index (χ1v) is 21.8. The number of hydrogen-bond donors (Lipinski definition) is 3. The molecule has 1 aliphatic carbocycles. The highest BCUT2D eigenvalue weighted by atomic mass is 35.5. The average molecular weight is 882 g/mol. The number of piperazine rings is 1. The predicted molar refractivity (Wildman–Crippen MR) is 235 cm³/mol. The third kappa shape index (κ3) is 9.26. The van der Waals surface area contributed by atoms with E-state index in [1.54, 1.807) is 24.4 Å². The van der Waals surface area contributed by atoms with Gasteiger partial charge in [0.1, 0.15) is 11.1 Å². The van der Waals surface area contributed by atoms with Gasteiger partial charge in [0.25, 0.3) is 17.7 Å². The van der Waals surface area contributed by atoms with E-state index in [1.807, 2.05) is 31.2 Å². The molecule has 0 spiro atoms. The predicted octanol–water partition coefficient (Wildman–Crippen LogP) is 4.13. The molecule has 5 amide bonds. The zero-order valence-corrected chi connectivity index (χ0v) is 36.5. The molecule has 18 heteroatoms. The average Bonchev–Trinajstić information content (AvgIpc) is 3.47. The third-order valence-corrected chi connectivity index (χ3v) is 12.9. The molecular formula is C45H52ClN9O8. The molecule has 4 fully saturated rings. The van der Waals surface area contributed by atoms with Gasteiger partial charge in [0.15, 0.2) is 24.0 Å². The number of rotatable bonds is 13. The molecule has 17 nitrogen and oxygen atoms in total. The smallest absolute Gasteiger partial charge is 0.262 e. The summed E-state index contributed by atoms with van der Waals surface area (Å²) in [4.78, 5) is 91.6. The van der Waals surface area contributed by atoms with Gasteiger partial charge >= 0.3 is 0 Å². The first kappa shape index (κ1) is 43.7. The molecule has 3 atom stereocenters. The molecule has 5 heterocycles. The Morgan fingerprint density at radius 1 is 0.952 bits per heavy atom. The van der Waals surface area contributed by atoms with Crippen LogP contribution in [0.5, 0.6) is 0 Å². The van der Waals surface area contributed by atoms with Crippen LogP contribution in [0, 0.1) is 6.92 Å². The largest absolute Gasteiger partial charge is 0.480 e. The van der Waals surface area contributed by atoms with Crippen LogP contribution in [0.4, 0.5) is 23.1 Å². The Morgan fingerprint density at radius 2 is 1.67 bits per heavy atom. The van der Waals surface area contributed by atoms with E-state index in [9.17, 15) is 28.8 Å². The molecule has 1 aromatic heterocycles. The lowest BCUT2D eigenvalue weighted by atomic mass is 9.84. The molecule has 0 bridgehead atoms. The lowest BCUT2D eigenvalue weighted by Gasteiger charge is -2.53. The van der Waals surface area contributed by atoms with Crippen LogP contribution in [0.1, 0.15) is 91.1 Å². The van der Waals surface area contributed by atoms with Crippen molar-refractivity contribution < 1.29 is 38.2 Å². The van der Waals surface area contributed by atoms with Gasteiger partial charge < -0.3 is 30.3 Å². The van der Waals surface area contributed by atoms with Crippen molar-refractivity contribution in [2.75, 3.05) is 47.9 Å². The number of halogens is 1. The van der Waals surface area contributed by atoms with Gasteiger partial charge in [0.2, 0.25) is 17.8 Å². The molecule has 3 saturated heterocycles. The zero-order valence-electron chi connectivity index (χ0n) is 35.8. The van der Waals surface area contributed by atoms with Crippen molar-refractivity contribution in [3.05, 3.63) is 75.6 Å². The van der Waals surface area contributed by atoms with Gasteiger partial charge in [-0.25, -0.2) is 4.98 Å². The number of nitrogens with two attached hydrogens (primary N) is 1. The van der Waals surface area contributed by atoms with Crippen molar-refractivity contribution in [2.24, 2.45) is 5.73 Å². The first-order chi connectivity index (χ1) is 30.1. The van der Waals surface area contributed by atoms with Gasteiger partial charge in [0, 0.05) is 69.0 Å². The maximum atomic E-state index is 13.5. The summed E-state index contributed by atoms with van der Waals surface area (Å²) in [6.07, 6.45) is 7.28. The van der Waals surface area contributed by atoms with Crippen molar-refractivity contribution >= 4 is 76.1 Å². The topological polar surface area (TPSA) is 210 Å². The second-order valence-corrected chi connectivity index (χ2v) is 17.6. The molecule has 8 rings (SSSR count). The molecule has 63 heavy (non-hydrogen) atoms. The van der Waals surface area contributed by atoms with Crippen LogP contribution in [0.25, 0.3) is 6.08 Å². The van der Waals surface area contributed by atoms with E-state index in [1.165, 1.54) is 6.92 Å². The Hall–Kier alpha value is -5.91. The molecule has 3 aromatic rings. The van der Waals surface area contributed by atoms with Crippen molar-refractivity contribution in [2.45, 2.75) is 103 Å². The number of carbonyl (C=O) groups excluding carboxylic acids is 6. The van der Waals surface area contributed by atoms with E-state index in [-0.39, 0.29) is 59.8 Å². The molecule has 4 N–H and O–H groups in total. The molecule has 5 aliphatic rings. The second-order valence-electron chi connectivity index (χ2n) is 17.2. The van der Waals surface area contributed by atoms with Crippen LogP contribution < -0.4 is 26.2 Å². The van der Waals surface area contributed by atoms with Gasteiger partial charge in [-0.3, -0.25) is 43.9 Å².